The van der Waals surface area contributed by atoms with E-state index in [9.17, 15) is 54.0 Å². The zero-order chi connectivity index (χ0) is 65.7. The molecule has 0 saturated carbocycles. The van der Waals surface area contributed by atoms with Crippen molar-refractivity contribution < 1.29 is 82.8 Å². The fourth-order valence-electron chi connectivity index (χ4n) is 9.10. The monoisotopic (exact) mass is 1250 g/mol. The lowest BCUT2D eigenvalue weighted by atomic mass is 10.0. The van der Waals surface area contributed by atoms with Crippen LogP contribution >= 0.6 is 0 Å². The van der Waals surface area contributed by atoms with Crippen LogP contribution in [0.5, 0.6) is 0 Å². The molecule has 0 aliphatic rings. The third-order valence-electron chi connectivity index (χ3n) is 13.3. The molecular formula is C63H78N10O17. The van der Waals surface area contributed by atoms with Gasteiger partial charge in [-0.1, -0.05) is 24.3 Å². The number of pyridine rings is 6. The van der Waals surface area contributed by atoms with Gasteiger partial charge in [0.15, 0.2) is 24.4 Å². The average Bonchev–Trinajstić information content (AvgIpc) is 1.61. The van der Waals surface area contributed by atoms with E-state index in [2.05, 4.69) is 39.7 Å². The SMILES string of the molecule is CC(=O)OC[C@@H](OC(C)=O)[C@@H](OC(C)=O)[C@H](OC(C)=O)[C@H](CN(C)C(=O)c1ccc(CN(Cc2ccccn2)Cc2ccccn2)nc1)OC(C)=O.CCN(C[C@H](O)[C@@H](O)[C@H](O)[C@H](O)CO)C(=O)c1ccc(CN(Cc2ccccn2)Cc2ccccn2)nc1. The van der Waals surface area contributed by atoms with Crippen molar-refractivity contribution in [3.05, 3.63) is 180 Å². The Balaban J connectivity index is 0.000000343. The highest BCUT2D eigenvalue weighted by Crippen LogP contribution is 2.23. The van der Waals surface area contributed by atoms with Crippen LogP contribution in [0.2, 0.25) is 0 Å². The lowest BCUT2D eigenvalue weighted by molar-refractivity contribution is -0.203. The van der Waals surface area contributed by atoms with E-state index in [4.69, 9.17) is 28.8 Å². The Kier molecular flexibility index (Phi) is 29.5. The number of aromatic nitrogens is 6. The van der Waals surface area contributed by atoms with Crippen molar-refractivity contribution in [2.45, 2.75) is 130 Å². The molecule has 6 aromatic heterocycles. The summed E-state index contributed by atoms with van der Waals surface area (Å²) in [5.74, 6) is -5.08. The molecule has 482 valence electrons. The number of hydrogen-bond acceptors (Lipinski definition) is 25. The second-order valence-corrected chi connectivity index (χ2v) is 20.7. The minimum Gasteiger partial charge on any atom is -0.462 e. The zero-order valence-electron chi connectivity index (χ0n) is 51.2. The fourth-order valence-corrected chi connectivity index (χ4v) is 9.10. The molecule has 8 atom stereocenters. The molecule has 0 aliphatic heterocycles. The molecule has 0 bridgehead atoms. The Morgan fingerprint density at radius 2 is 0.811 bits per heavy atom. The van der Waals surface area contributed by atoms with E-state index in [1.807, 2.05) is 72.8 Å². The Hall–Kier alpha value is -9.09. The first-order chi connectivity index (χ1) is 43.0. The first-order valence-electron chi connectivity index (χ1n) is 28.7. The van der Waals surface area contributed by atoms with Gasteiger partial charge in [0.1, 0.15) is 31.0 Å². The number of nitrogens with zero attached hydrogens (tertiary/aromatic N) is 10. The van der Waals surface area contributed by atoms with Gasteiger partial charge in [-0.25, -0.2) is 0 Å². The highest BCUT2D eigenvalue weighted by molar-refractivity contribution is 5.94. The summed E-state index contributed by atoms with van der Waals surface area (Å²) < 4.78 is 26.7. The molecule has 2 amide bonds. The Bertz CT molecular complexity index is 3100. The van der Waals surface area contributed by atoms with Crippen LogP contribution in [0.4, 0.5) is 0 Å². The van der Waals surface area contributed by atoms with Gasteiger partial charge in [0.2, 0.25) is 0 Å². The van der Waals surface area contributed by atoms with Gasteiger partial charge < -0.3 is 59.0 Å². The third-order valence-corrected chi connectivity index (χ3v) is 13.3. The number of esters is 5. The molecule has 90 heavy (non-hydrogen) atoms. The molecule has 0 fully saturated rings. The zero-order valence-corrected chi connectivity index (χ0v) is 51.2. The molecule has 5 N–H and O–H groups in total. The molecule has 0 spiro atoms. The summed E-state index contributed by atoms with van der Waals surface area (Å²) in [6, 6.07) is 29.6. The average molecular weight is 1250 g/mol. The van der Waals surface area contributed by atoms with Crippen molar-refractivity contribution in [1.29, 1.82) is 0 Å². The summed E-state index contributed by atoms with van der Waals surface area (Å²) in [5, 5.41) is 48.7. The molecule has 6 heterocycles. The maximum atomic E-state index is 13.6. The predicted molar refractivity (Wildman–Crippen MR) is 320 cm³/mol. The van der Waals surface area contributed by atoms with Gasteiger partial charge in [0.25, 0.3) is 11.8 Å². The first kappa shape index (κ1) is 71.7. The van der Waals surface area contributed by atoms with Crippen molar-refractivity contribution in [2.75, 3.05) is 39.9 Å². The molecule has 0 aromatic carbocycles. The normalized spacial score (nSPS) is 13.8. The van der Waals surface area contributed by atoms with Gasteiger partial charge in [0.05, 0.1) is 58.4 Å². The number of rotatable bonds is 32. The molecule has 27 heteroatoms. The van der Waals surface area contributed by atoms with Gasteiger partial charge in [-0.2, -0.15) is 0 Å². The van der Waals surface area contributed by atoms with Crippen molar-refractivity contribution >= 4 is 41.7 Å². The maximum Gasteiger partial charge on any atom is 0.303 e. The lowest BCUT2D eigenvalue weighted by Crippen LogP contribution is -2.55. The van der Waals surface area contributed by atoms with E-state index >= 15 is 0 Å². The number of ether oxygens (including phenoxy) is 5. The second-order valence-electron chi connectivity index (χ2n) is 20.7. The number of carbonyl (C=O) groups is 7. The lowest BCUT2D eigenvalue weighted by Gasteiger charge is -2.36. The van der Waals surface area contributed by atoms with Crippen LogP contribution in [-0.4, -0.2) is 205 Å². The van der Waals surface area contributed by atoms with Crippen molar-refractivity contribution in [3.8, 4) is 0 Å². The molecular weight excluding hydrogens is 1170 g/mol. The van der Waals surface area contributed by atoms with Crippen LogP contribution < -0.4 is 0 Å². The van der Waals surface area contributed by atoms with E-state index in [1.54, 1.807) is 56.0 Å². The van der Waals surface area contributed by atoms with Crippen molar-refractivity contribution in [2.24, 2.45) is 0 Å². The quantitative estimate of drug-likeness (QED) is 0.0299. The number of likely N-dealkylation sites (N-methyl/N-ethyl adjacent to an activating group) is 2. The van der Waals surface area contributed by atoms with Crippen LogP contribution in [-0.2, 0) is 86.9 Å². The van der Waals surface area contributed by atoms with Crippen LogP contribution in [0.1, 0.15) is 96.4 Å². The number of amides is 2. The van der Waals surface area contributed by atoms with E-state index < -0.39 is 104 Å². The molecule has 0 unspecified atom stereocenters. The highest BCUT2D eigenvalue weighted by atomic mass is 16.6. The summed E-state index contributed by atoms with van der Waals surface area (Å²) in [6.45, 7) is 8.43. The number of hydrogen-bond donors (Lipinski definition) is 5. The highest BCUT2D eigenvalue weighted by Gasteiger charge is 2.45. The molecule has 6 rings (SSSR count). The van der Waals surface area contributed by atoms with Gasteiger partial charge in [-0.3, -0.25) is 73.3 Å². The predicted octanol–water partition coefficient (Wildman–Crippen LogP) is 2.41. The van der Waals surface area contributed by atoms with Crippen LogP contribution in [0.3, 0.4) is 0 Å². The van der Waals surface area contributed by atoms with Crippen LogP contribution in [0.15, 0.2) is 134 Å². The topological polar surface area (TPSA) is 357 Å². The first-order valence-corrected chi connectivity index (χ1v) is 28.7. The summed E-state index contributed by atoms with van der Waals surface area (Å²) in [6.07, 6.45) is -3.01. The van der Waals surface area contributed by atoms with Crippen molar-refractivity contribution in [1.82, 2.24) is 49.5 Å². The number of carbonyl (C=O) groups excluding carboxylic acids is 7. The minimum absolute atomic E-state index is 0.196. The summed E-state index contributed by atoms with van der Waals surface area (Å²) >= 11 is 0. The maximum absolute atomic E-state index is 13.6. The third kappa shape index (κ3) is 24.5. The van der Waals surface area contributed by atoms with Gasteiger partial charge in [-0.15, -0.1) is 0 Å². The van der Waals surface area contributed by atoms with E-state index in [1.165, 1.54) is 29.2 Å². The van der Waals surface area contributed by atoms with Crippen LogP contribution in [0.25, 0.3) is 0 Å². The van der Waals surface area contributed by atoms with Gasteiger partial charge in [-0.05, 0) is 79.7 Å². The van der Waals surface area contributed by atoms with Crippen molar-refractivity contribution in [3.63, 3.8) is 0 Å². The Morgan fingerprint density at radius 1 is 0.444 bits per heavy atom. The molecule has 0 aliphatic carbocycles. The van der Waals surface area contributed by atoms with Gasteiger partial charge >= 0.3 is 29.8 Å². The molecule has 6 aromatic rings. The van der Waals surface area contributed by atoms with Crippen LogP contribution in [0, 0.1) is 0 Å². The second kappa shape index (κ2) is 37.0. The fraction of sp³-hybridized carbons (Fsp3) is 0.413. The molecule has 0 radical (unpaired) electrons. The van der Waals surface area contributed by atoms with Gasteiger partial charge in [0, 0.05) is 131 Å². The summed E-state index contributed by atoms with van der Waals surface area (Å²) in [4.78, 5) is 121. The summed E-state index contributed by atoms with van der Waals surface area (Å²) in [7, 11) is 1.42. The smallest absolute Gasteiger partial charge is 0.303 e. The summed E-state index contributed by atoms with van der Waals surface area (Å²) in [5.41, 5.74) is 5.46. The van der Waals surface area contributed by atoms with E-state index in [-0.39, 0.29) is 25.2 Å². The number of aliphatic hydroxyl groups is 5. The Morgan fingerprint density at radius 3 is 1.14 bits per heavy atom. The number of aliphatic hydroxyl groups excluding tert-OH is 5. The Labute approximate surface area is 521 Å². The molecule has 0 saturated heterocycles. The largest absolute Gasteiger partial charge is 0.462 e. The van der Waals surface area contributed by atoms with E-state index in [0.29, 0.717) is 50.5 Å². The van der Waals surface area contributed by atoms with E-state index in [0.717, 1.165) is 63.1 Å². The molecule has 27 nitrogen and oxygen atoms in total. The standard InChI is InChI=1S/C36H43N5O11.C27H35N5O6/c1-23(42)48-22-33(50-25(3)44)35(52-27(5)46)34(51-26(4)45)32(49-24(2)43)21-40(6)36(47)28-13-14-31(39-17-28)20-41(18-29-11-7-9-15-37-29)19-30-12-8-10-16-38-30;1-2-32(17-23(34)25(36)26(37)24(35)18-33)27(38)19-9-10-22(30-13-19)16-31(14-20-7-3-5-11-28-20)15-21-8-4-6-12-29-21/h7-17,32-35H,18-22H2,1-6H3;3-13,23-26,33-37H,2,14-18H2,1H3/t32-,33+,34+,35+;23-,24+,25+,26+/m00/s1. The minimum atomic E-state index is -1.76.